The molecule has 0 radical (unpaired) electrons. The highest BCUT2D eigenvalue weighted by molar-refractivity contribution is 5.99. The van der Waals surface area contributed by atoms with Crippen LogP contribution in [0.25, 0.3) is 5.69 Å². The highest BCUT2D eigenvalue weighted by Crippen LogP contribution is 2.10. The second-order valence-electron chi connectivity index (χ2n) is 6.80. The van der Waals surface area contributed by atoms with Crippen molar-refractivity contribution in [3.05, 3.63) is 71.5 Å². The molecule has 1 aliphatic heterocycles. The van der Waals surface area contributed by atoms with Gasteiger partial charge in [-0.3, -0.25) is 25.3 Å². The molecule has 2 aromatic carbocycles. The summed E-state index contributed by atoms with van der Waals surface area (Å²) in [6.45, 7) is 3.95. The highest BCUT2D eigenvalue weighted by atomic mass is 16.5. The van der Waals surface area contributed by atoms with Crippen LogP contribution in [-0.4, -0.2) is 63.2 Å². The summed E-state index contributed by atoms with van der Waals surface area (Å²) >= 11 is 0. The number of carbonyl (C=O) groups excluding carboxylic acids is 2. The molecule has 3 aromatic rings. The van der Waals surface area contributed by atoms with Gasteiger partial charge in [-0.05, 0) is 52.4 Å². The molecule has 0 saturated carbocycles. The van der Waals surface area contributed by atoms with E-state index in [2.05, 4.69) is 31.3 Å². The van der Waals surface area contributed by atoms with Crippen molar-refractivity contribution in [1.29, 1.82) is 0 Å². The van der Waals surface area contributed by atoms with Gasteiger partial charge in [0.05, 0.1) is 18.9 Å². The molecule has 0 aliphatic carbocycles. The number of nitrogens with one attached hydrogen (secondary N) is 2. The largest absolute Gasteiger partial charge is 0.379 e. The van der Waals surface area contributed by atoms with Crippen molar-refractivity contribution in [3.63, 3.8) is 0 Å². The van der Waals surface area contributed by atoms with Gasteiger partial charge in [-0.25, -0.2) is 4.68 Å². The van der Waals surface area contributed by atoms with Gasteiger partial charge in [-0.2, -0.15) is 0 Å². The Morgan fingerprint density at radius 3 is 2.40 bits per heavy atom. The number of hydrazine groups is 1. The van der Waals surface area contributed by atoms with Gasteiger partial charge >= 0.3 is 0 Å². The first-order valence-electron chi connectivity index (χ1n) is 9.52. The lowest BCUT2D eigenvalue weighted by Crippen LogP contribution is -2.41. The topological polar surface area (TPSA) is 114 Å². The van der Waals surface area contributed by atoms with Crippen molar-refractivity contribution in [2.24, 2.45) is 0 Å². The van der Waals surface area contributed by atoms with E-state index in [9.17, 15) is 9.59 Å². The Kier molecular flexibility index (Phi) is 6.06. The number of nitrogens with zero attached hydrogens (tertiary/aromatic N) is 5. The second-order valence-corrected chi connectivity index (χ2v) is 6.80. The summed E-state index contributed by atoms with van der Waals surface area (Å²) in [7, 11) is 0. The predicted molar refractivity (Wildman–Crippen MR) is 107 cm³/mol. The van der Waals surface area contributed by atoms with Crippen LogP contribution < -0.4 is 10.9 Å². The van der Waals surface area contributed by atoms with Gasteiger partial charge < -0.3 is 4.74 Å². The van der Waals surface area contributed by atoms with E-state index >= 15 is 0 Å². The molecular weight excluding hydrogens is 386 g/mol. The predicted octanol–water partition coefficient (Wildman–Crippen LogP) is 0.569. The maximum atomic E-state index is 12.4. The summed E-state index contributed by atoms with van der Waals surface area (Å²) < 4.78 is 6.84. The SMILES string of the molecule is O=C(NNC(=O)c1cccc(CN2CCOCC2)c1)c1ccc(-n2cnnn2)cc1. The number of morpholine rings is 1. The van der Waals surface area contributed by atoms with E-state index < -0.39 is 5.91 Å². The van der Waals surface area contributed by atoms with Gasteiger partial charge in [0.15, 0.2) is 0 Å². The molecule has 10 heteroatoms. The average Bonchev–Trinajstić information content (AvgIpc) is 3.33. The number of benzene rings is 2. The van der Waals surface area contributed by atoms with Crippen LogP contribution in [0.15, 0.2) is 54.9 Å². The number of amides is 2. The van der Waals surface area contributed by atoms with E-state index in [-0.39, 0.29) is 5.91 Å². The van der Waals surface area contributed by atoms with Crippen molar-refractivity contribution >= 4 is 11.8 Å². The Morgan fingerprint density at radius 2 is 1.70 bits per heavy atom. The van der Waals surface area contributed by atoms with Crippen LogP contribution in [0.1, 0.15) is 26.3 Å². The smallest absolute Gasteiger partial charge is 0.269 e. The maximum Gasteiger partial charge on any atom is 0.269 e. The second kappa shape index (κ2) is 9.25. The van der Waals surface area contributed by atoms with Crippen LogP contribution in [0, 0.1) is 0 Å². The fraction of sp³-hybridized carbons (Fsp3) is 0.250. The molecule has 30 heavy (non-hydrogen) atoms. The van der Waals surface area contributed by atoms with Gasteiger partial charge in [-0.15, -0.1) is 5.10 Å². The Labute approximate surface area is 172 Å². The number of carbonyl (C=O) groups is 2. The Hall–Kier alpha value is -3.63. The number of rotatable bonds is 5. The number of ether oxygens (including phenoxy) is 1. The van der Waals surface area contributed by atoms with Crippen LogP contribution in [0.5, 0.6) is 0 Å². The maximum absolute atomic E-state index is 12.4. The molecule has 0 atom stereocenters. The average molecular weight is 407 g/mol. The zero-order chi connectivity index (χ0) is 20.8. The zero-order valence-electron chi connectivity index (χ0n) is 16.2. The molecule has 2 heterocycles. The molecule has 10 nitrogen and oxygen atoms in total. The quantitative estimate of drug-likeness (QED) is 0.594. The normalized spacial score (nSPS) is 14.3. The number of hydrogen-bond donors (Lipinski definition) is 2. The third kappa shape index (κ3) is 4.85. The van der Waals surface area contributed by atoms with Gasteiger partial charge in [-0.1, -0.05) is 12.1 Å². The first-order chi connectivity index (χ1) is 14.7. The summed E-state index contributed by atoms with van der Waals surface area (Å²) in [6.07, 6.45) is 1.46. The Morgan fingerprint density at radius 1 is 0.967 bits per heavy atom. The zero-order valence-corrected chi connectivity index (χ0v) is 16.2. The van der Waals surface area contributed by atoms with E-state index in [4.69, 9.17) is 4.74 Å². The monoisotopic (exact) mass is 407 g/mol. The van der Waals surface area contributed by atoms with Crippen molar-refractivity contribution in [2.75, 3.05) is 26.3 Å². The molecule has 0 unspecified atom stereocenters. The van der Waals surface area contributed by atoms with E-state index in [0.29, 0.717) is 11.1 Å². The summed E-state index contributed by atoms with van der Waals surface area (Å²) in [5, 5.41) is 10.9. The Bertz CT molecular complexity index is 1000. The third-order valence-electron chi connectivity index (χ3n) is 4.73. The lowest BCUT2D eigenvalue weighted by Gasteiger charge is -2.26. The van der Waals surface area contributed by atoms with Crippen LogP contribution >= 0.6 is 0 Å². The van der Waals surface area contributed by atoms with Crippen LogP contribution in [0.3, 0.4) is 0 Å². The van der Waals surface area contributed by atoms with E-state index in [0.717, 1.165) is 44.1 Å². The fourth-order valence-corrected chi connectivity index (χ4v) is 3.13. The lowest BCUT2D eigenvalue weighted by atomic mass is 10.1. The van der Waals surface area contributed by atoms with Crippen molar-refractivity contribution in [1.82, 2.24) is 36.0 Å². The summed E-state index contributed by atoms with van der Waals surface area (Å²) in [4.78, 5) is 27.0. The minimum atomic E-state index is -0.420. The molecular formula is C20H21N7O3. The molecule has 1 saturated heterocycles. The van der Waals surface area contributed by atoms with Gasteiger partial charge in [0, 0.05) is 30.8 Å². The van der Waals surface area contributed by atoms with Crippen molar-refractivity contribution in [2.45, 2.75) is 6.54 Å². The van der Waals surface area contributed by atoms with E-state index in [1.165, 1.54) is 11.0 Å². The highest BCUT2D eigenvalue weighted by Gasteiger charge is 2.13. The molecule has 2 amide bonds. The minimum absolute atomic E-state index is 0.377. The van der Waals surface area contributed by atoms with Crippen molar-refractivity contribution < 1.29 is 14.3 Å². The molecule has 4 rings (SSSR count). The molecule has 2 N–H and O–H groups in total. The molecule has 154 valence electrons. The summed E-state index contributed by atoms with van der Waals surface area (Å²) in [6, 6.07) is 14.0. The van der Waals surface area contributed by atoms with Crippen LogP contribution in [-0.2, 0) is 11.3 Å². The minimum Gasteiger partial charge on any atom is -0.379 e. The molecule has 1 fully saturated rings. The summed E-state index contributed by atoms with van der Waals surface area (Å²) in [5.74, 6) is -0.798. The standard InChI is InChI=1S/C20H21N7O3/c28-19(16-4-6-18(7-5-16)27-14-21-24-25-27)22-23-20(29)17-3-1-2-15(12-17)13-26-8-10-30-11-9-26/h1-7,12,14H,8-11,13H2,(H,22,28)(H,23,29). The molecule has 0 spiro atoms. The number of tetrazole rings is 1. The third-order valence-corrected chi connectivity index (χ3v) is 4.73. The first-order valence-corrected chi connectivity index (χ1v) is 9.52. The van der Waals surface area contributed by atoms with Gasteiger partial charge in [0.1, 0.15) is 6.33 Å². The molecule has 1 aliphatic rings. The first kappa shape index (κ1) is 19.7. The molecule has 0 bridgehead atoms. The molecule has 1 aromatic heterocycles. The van der Waals surface area contributed by atoms with E-state index in [1.807, 2.05) is 18.2 Å². The van der Waals surface area contributed by atoms with Gasteiger partial charge in [0.2, 0.25) is 0 Å². The van der Waals surface area contributed by atoms with Gasteiger partial charge in [0.25, 0.3) is 11.8 Å². The number of aromatic nitrogens is 4. The van der Waals surface area contributed by atoms with E-state index in [1.54, 1.807) is 30.3 Å². The Balaban J connectivity index is 1.32. The fourth-order valence-electron chi connectivity index (χ4n) is 3.13. The van der Waals surface area contributed by atoms with Crippen LogP contribution in [0.4, 0.5) is 0 Å². The van der Waals surface area contributed by atoms with Crippen LogP contribution in [0.2, 0.25) is 0 Å². The summed E-state index contributed by atoms with van der Waals surface area (Å²) in [5.41, 5.74) is 7.53. The lowest BCUT2D eigenvalue weighted by molar-refractivity contribution is 0.0342. The van der Waals surface area contributed by atoms with Crippen molar-refractivity contribution in [3.8, 4) is 5.69 Å². The number of hydrogen-bond acceptors (Lipinski definition) is 7.